The summed E-state index contributed by atoms with van der Waals surface area (Å²) >= 11 is 5.86. The highest BCUT2D eigenvalue weighted by atomic mass is 35.5. The molecule has 1 aromatic rings. The standard InChI is InChI=1S/C13H15ClFNO/c14-9-10-5-3-4-8-16(10)13(17)11-6-1-2-7-12(11)15/h1-2,6-7,10H,3-5,8-9H2. The maximum atomic E-state index is 13.5. The molecule has 92 valence electrons. The van der Waals surface area contributed by atoms with Crippen molar-refractivity contribution in [2.24, 2.45) is 0 Å². The lowest BCUT2D eigenvalue weighted by atomic mass is 10.0. The Labute approximate surface area is 105 Å². The van der Waals surface area contributed by atoms with Crippen LogP contribution in [-0.4, -0.2) is 29.3 Å². The predicted molar refractivity (Wildman–Crippen MR) is 65.8 cm³/mol. The molecule has 4 heteroatoms. The largest absolute Gasteiger partial charge is 0.334 e. The molecule has 2 nitrogen and oxygen atoms in total. The molecule has 2 rings (SSSR count). The lowest BCUT2D eigenvalue weighted by Crippen LogP contribution is -2.45. The SMILES string of the molecule is O=C(c1ccccc1F)N1CCCCC1CCl. The van der Waals surface area contributed by atoms with Crippen LogP contribution < -0.4 is 0 Å². The Morgan fingerprint density at radius 2 is 2.18 bits per heavy atom. The quantitative estimate of drug-likeness (QED) is 0.744. The van der Waals surface area contributed by atoms with E-state index in [9.17, 15) is 9.18 Å². The highest BCUT2D eigenvalue weighted by Crippen LogP contribution is 2.21. The first-order valence-electron chi connectivity index (χ1n) is 5.85. The molecule has 1 atom stereocenters. The fourth-order valence-electron chi connectivity index (χ4n) is 2.22. The highest BCUT2D eigenvalue weighted by Gasteiger charge is 2.27. The van der Waals surface area contributed by atoms with Gasteiger partial charge in [0.25, 0.3) is 5.91 Å². The third kappa shape index (κ3) is 2.60. The van der Waals surface area contributed by atoms with Gasteiger partial charge in [-0.05, 0) is 31.4 Å². The number of rotatable bonds is 2. The Morgan fingerprint density at radius 3 is 2.88 bits per heavy atom. The van der Waals surface area contributed by atoms with Crippen molar-refractivity contribution in [3.8, 4) is 0 Å². The van der Waals surface area contributed by atoms with Gasteiger partial charge in [-0.15, -0.1) is 11.6 Å². The summed E-state index contributed by atoms with van der Waals surface area (Å²) in [7, 11) is 0. The molecule has 1 aromatic carbocycles. The van der Waals surface area contributed by atoms with E-state index in [1.807, 2.05) is 0 Å². The van der Waals surface area contributed by atoms with E-state index in [0.29, 0.717) is 12.4 Å². The third-order valence-corrected chi connectivity index (χ3v) is 3.53. The minimum absolute atomic E-state index is 0.0394. The molecule has 17 heavy (non-hydrogen) atoms. The van der Waals surface area contributed by atoms with E-state index in [4.69, 9.17) is 11.6 Å². The van der Waals surface area contributed by atoms with Gasteiger partial charge in [0.1, 0.15) is 5.82 Å². The molecule has 0 bridgehead atoms. The molecule has 1 heterocycles. The van der Waals surface area contributed by atoms with Crippen LogP contribution in [0.4, 0.5) is 4.39 Å². The minimum atomic E-state index is -0.462. The zero-order chi connectivity index (χ0) is 12.3. The average Bonchev–Trinajstić information content (AvgIpc) is 2.38. The first-order chi connectivity index (χ1) is 8.24. The number of amides is 1. The summed E-state index contributed by atoms with van der Waals surface area (Å²) in [6, 6.07) is 6.14. The summed E-state index contributed by atoms with van der Waals surface area (Å²) in [4.78, 5) is 13.9. The lowest BCUT2D eigenvalue weighted by Gasteiger charge is -2.34. The van der Waals surface area contributed by atoms with Crippen molar-refractivity contribution in [3.05, 3.63) is 35.6 Å². The van der Waals surface area contributed by atoms with Crippen molar-refractivity contribution in [3.63, 3.8) is 0 Å². The van der Waals surface area contributed by atoms with Crippen LogP contribution in [0.15, 0.2) is 24.3 Å². The number of alkyl halides is 1. The van der Waals surface area contributed by atoms with Gasteiger partial charge in [-0.1, -0.05) is 12.1 Å². The molecule has 0 radical (unpaired) electrons. The van der Waals surface area contributed by atoms with Crippen molar-refractivity contribution < 1.29 is 9.18 Å². The number of halogens is 2. The highest BCUT2D eigenvalue weighted by molar-refractivity contribution is 6.18. The van der Waals surface area contributed by atoms with Crippen LogP contribution in [0.3, 0.4) is 0 Å². The third-order valence-electron chi connectivity index (χ3n) is 3.17. The number of hydrogen-bond donors (Lipinski definition) is 0. The van der Waals surface area contributed by atoms with Crippen molar-refractivity contribution in [2.45, 2.75) is 25.3 Å². The fraction of sp³-hybridized carbons (Fsp3) is 0.462. The van der Waals surface area contributed by atoms with Gasteiger partial charge in [0.2, 0.25) is 0 Å². The monoisotopic (exact) mass is 255 g/mol. The van der Waals surface area contributed by atoms with E-state index in [0.717, 1.165) is 19.3 Å². The van der Waals surface area contributed by atoms with Crippen molar-refractivity contribution in [1.29, 1.82) is 0 Å². The van der Waals surface area contributed by atoms with Gasteiger partial charge < -0.3 is 4.90 Å². The molecule has 0 saturated carbocycles. The normalized spacial score (nSPS) is 20.4. The first-order valence-corrected chi connectivity index (χ1v) is 6.39. The molecule has 1 amide bonds. The van der Waals surface area contributed by atoms with E-state index >= 15 is 0 Å². The summed E-state index contributed by atoms with van der Waals surface area (Å²) < 4.78 is 13.5. The average molecular weight is 256 g/mol. The second kappa shape index (κ2) is 5.50. The van der Waals surface area contributed by atoms with Crippen LogP contribution in [0, 0.1) is 5.82 Å². The maximum Gasteiger partial charge on any atom is 0.257 e. The summed E-state index contributed by atoms with van der Waals surface area (Å²) in [5, 5.41) is 0. The van der Waals surface area contributed by atoms with E-state index in [1.165, 1.54) is 12.1 Å². The number of piperidine rings is 1. The molecule has 1 aliphatic rings. The first kappa shape index (κ1) is 12.4. The van der Waals surface area contributed by atoms with Crippen LogP contribution in [0.1, 0.15) is 29.6 Å². The van der Waals surface area contributed by atoms with Crippen molar-refractivity contribution >= 4 is 17.5 Å². The molecule has 1 aliphatic heterocycles. The van der Waals surface area contributed by atoms with Crippen molar-refractivity contribution in [2.75, 3.05) is 12.4 Å². The Morgan fingerprint density at radius 1 is 1.41 bits per heavy atom. The number of hydrogen-bond acceptors (Lipinski definition) is 1. The van der Waals surface area contributed by atoms with Gasteiger partial charge in [-0.2, -0.15) is 0 Å². The summed E-state index contributed by atoms with van der Waals surface area (Å²) in [6.45, 7) is 0.671. The molecular weight excluding hydrogens is 241 g/mol. The number of carbonyl (C=O) groups is 1. The molecule has 1 unspecified atom stereocenters. The summed E-state index contributed by atoms with van der Waals surface area (Å²) in [6.07, 6.45) is 2.95. The predicted octanol–water partition coefficient (Wildman–Crippen LogP) is 3.06. The molecule has 0 aromatic heterocycles. The molecular formula is C13H15ClFNO. The molecule has 0 spiro atoms. The molecule has 1 fully saturated rings. The van der Waals surface area contributed by atoms with Crippen molar-refractivity contribution in [1.82, 2.24) is 4.90 Å². The van der Waals surface area contributed by atoms with Gasteiger partial charge in [-0.25, -0.2) is 4.39 Å². The maximum absolute atomic E-state index is 13.5. The van der Waals surface area contributed by atoms with E-state index < -0.39 is 5.82 Å². The van der Waals surface area contributed by atoms with E-state index in [2.05, 4.69) is 0 Å². The topological polar surface area (TPSA) is 20.3 Å². The zero-order valence-corrected chi connectivity index (χ0v) is 10.3. The molecule has 0 aliphatic carbocycles. The van der Waals surface area contributed by atoms with Crippen LogP contribution in [0.5, 0.6) is 0 Å². The second-order valence-electron chi connectivity index (χ2n) is 4.28. The van der Waals surface area contributed by atoms with Gasteiger partial charge in [0.15, 0.2) is 0 Å². The van der Waals surface area contributed by atoms with Crippen LogP contribution in [0.25, 0.3) is 0 Å². The zero-order valence-electron chi connectivity index (χ0n) is 9.53. The number of benzene rings is 1. The Hall–Kier alpha value is -1.09. The summed E-state index contributed by atoms with van der Waals surface area (Å²) in [5.74, 6) is -0.287. The Balaban J connectivity index is 2.21. The summed E-state index contributed by atoms with van der Waals surface area (Å²) in [5.41, 5.74) is 0.143. The van der Waals surface area contributed by atoms with Crippen LogP contribution in [-0.2, 0) is 0 Å². The second-order valence-corrected chi connectivity index (χ2v) is 4.59. The Kier molecular flexibility index (Phi) is 4.00. The fourth-order valence-corrected chi connectivity index (χ4v) is 2.54. The molecule has 0 N–H and O–H groups in total. The van der Waals surface area contributed by atoms with Crippen LogP contribution >= 0.6 is 11.6 Å². The smallest absolute Gasteiger partial charge is 0.257 e. The minimum Gasteiger partial charge on any atom is -0.334 e. The number of likely N-dealkylation sites (tertiary alicyclic amines) is 1. The van der Waals surface area contributed by atoms with Gasteiger partial charge >= 0.3 is 0 Å². The van der Waals surface area contributed by atoms with E-state index in [1.54, 1.807) is 17.0 Å². The molecule has 1 saturated heterocycles. The van der Waals surface area contributed by atoms with Crippen LogP contribution in [0.2, 0.25) is 0 Å². The number of carbonyl (C=O) groups excluding carboxylic acids is 1. The van der Waals surface area contributed by atoms with Gasteiger partial charge in [0.05, 0.1) is 5.56 Å². The van der Waals surface area contributed by atoms with E-state index in [-0.39, 0.29) is 17.5 Å². The Bertz CT molecular complexity index is 410. The lowest BCUT2D eigenvalue weighted by molar-refractivity contribution is 0.0634. The van der Waals surface area contributed by atoms with Gasteiger partial charge in [0, 0.05) is 18.5 Å². The van der Waals surface area contributed by atoms with Gasteiger partial charge in [-0.3, -0.25) is 4.79 Å². The number of nitrogens with zero attached hydrogens (tertiary/aromatic N) is 1.